The number of benzene rings is 1. The van der Waals surface area contributed by atoms with Gasteiger partial charge in [-0.25, -0.2) is 10.5 Å². The van der Waals surface area contributed by atoms with E-state index in [1.807, 2.05) is 30.6 Å². The quantitative estimate of drug-likeness (QED) is 0.385. The number of amides is 2. The summed E-state index contributed by atoms with van der Waals surface area (Å²) in [5.74, 6) is -0.554. The average Bonchev–Trinajstić information content (AvgIpc) is 3.20. The van der Waals surface area contributed by atoms with Gasteiger partial charge in [-0.05, 0) is 35.9 Å². The van der Waals surface area contributed by atoms with Crippen LogP contribution < -0.4 is 10.4 Å². The smallest absolute Gasteiger partial charge is 0.274 e. The van der Waals surface area contributed by atoms with Crippen molar-refractivity contribution < 1.29 is 14.8 Å². The van der Waals surface area contributed by atoms with Crippen molar-refractivity contribution in [3.05, 3.63) is 72.6 Å². The van der Waals surface area contributed by atoms with E-state index < -0.39 is 5.91 Å². The second kappa shape index (κ2) is 8.38. The predicted molar refractivity (Wildman–Crippen MR) is 114 cm³/mol. The molecule has 30 heavy (non-hydrogen) atoms. The van der Waals surface area contributed by atoms with Gasteiger partial charge in [0.05, 0.1) is 11.9 Å². The Morgan fingerprint density at radius 3 is 2.53 bits per heavy atom. The number of rotatable bonds is 5. The van der Waals surface area contributed by atoms with Crippen LogP contribution in [0.15, 0.2) is 61.4 Å². The van der Waals surface area contributed by atoms with Gasteiger partial charge < -0.3 is 14.4 Å². The highest BCUT2D eigenvalue weighted by Crippen LogP contribution is 2.23. The molecule has 0 spiro atoms. The molecule has 0 saturated carbocycles. The summed E-state index contributed by atoms with van der Waals surface area (Å²) >= 11 is 0. The van der Waals surface area contributed by atoms with Crippen molar-refractivity contribution in [2.45, 2.75) is 6.54 Å². The number of nitrogens with one attached hydrogen (secondary N) is 1. The minimum absolute atomic E-state index is 0.0228. The van der Waals surface area contributed by atoms with Crippen molar-refractivity contribution >= 4 is 28.5 Å². The molecule has 0 atom stereocenters. The predicted octanol–water partition coefficient (Wildman–Crippen LogP) is 2.04. The van der Waals surface area contributed by atoms with Crippen LogP contribution in [0.5, 0.6) is 0 Å². The van der Waals surface area contributed by atoms with Gasteiger partial charge in [-0.3, -0.25) is 14.8 Å². The zero-order valence-electron chi connectivity index (χ0n) is 16.5. The molecule has 2 amide bonds. The second-order valence-corrected chi connectivity index (χ2v) is 7.20. The van der Waals surface area contributed by atoms with Crippen molar-refractivity contribution in [2.75, 3.05) is 31.1 Å². The van der Waals surface area contributed by atoms with E-state index in [0.29, 0.717) is 25.2 Å². The van der Waals surface area contributed by atoms with Gasteiger partial charge in [0, 0.05) is 49.9 Å². The van der Waals surface area contributed by atoms with Gasteiger partial charge in [-0.1, -0.05) is 18.7 Å². The fourth-order valence-corrected chi connectivity index (χ4v) is 3.70. The van der Waals surface area contributed by atoms with E-state index in [1.54, 1.807) is 22.5 Å². The monoisotopic (exact) mass is 405 g/mol. The zero-order valence-corrected chi connectivity index (χ0v) is 16.5. The van der Waals surface area contributed by atoms with Crippen LogP contribution in [0, 0.1) is 0 Å². The number of piperazine rings is 1. The normalized spacial score (nSPS) is 14.0. The molecule has 1 aliphatic rings. The minimum atomic E-state index is -0.531. The highest BCUT2D eigenvalue weighted by atomic mass is 16.5. The summed E-state index contributed by atoms with van der Waals surface area (Å²) in [6, 6.07) is 11.2. The molecule has 154 valence electrons. The number of hydrogen-bond donors (Lipinski definition) is 2. The summed E-state index contributed by atoms with van der Waals surface area (Å²) in [4.78, 5) is 31.9. The maximum absolute atomic E-state index is 11.7. The Kier molecular flexibility index (Phi) is 5.49. The minimum Gasteiger partial charge on any atom is -0.367 e. The molecule has 3 heterocycles. The topological polar surface area (TPSA) is 90.7 Å². The van der Waals surface area contributed by atoms with Crippen LogP contribution in [0.4, 0.5) is 5.69 Å². The summed E-state index contributed by atoms with van der Waals surface area (Å²) in [7, 11) is 0. The molecular weight excluding hydrogens is 382 g/mol. The Hall–Kier alpha value is -3.65. The van der Waals surface area contributed by atoms with Crippen molar-refractivity contribution in [1.29, 1.82) is 0 Å². The van der Waals surface area contributed by atoms with Gasteiger partial charge in [0.25, 0.3) is 5.91 Å². The first-order valence-electron chi connectivity index (χ1n) is 9.73. The summed E-state index contributed by atoms with van der Waals surface area (Å²) in [5, 5.41) is 9.76. The number of carbonyl (C=O) groups excluding carboxylic acids is 2. The highest BCUT2D eigenvalue weighted by Gasteiger charge is 2.20. The van der Waals surface area contributed by atoms with Gasteiger partial charge >= 0.3 is 0 Å². The first-order chi connectivity index (χ1) is 14.6. The van der Waals surface area contributed by atoms with Crippen molar-refractivity contribution in [3.8, 4) is 0 Å². The van der Waals surface area contributed by atoms with E-state index in [2.05, 4.69) is 27.1 Å². The lowest BCUT2D eigenvalue weighted by molar-refractivity contribution is -0.126. The average molecular weight is 405 g/mol. The van der Waals surface area contributed by atoms with Gasteiger partial charge in [0.1, 0.15) is 5.65 Å². The Morgan fingerprint density at radius 1 is 1.13 bits per heavy atom. The van der Waals surface area contributed by atoms with Gasteiger partial charge in [0.2, 0.25) is 5.91 Å². The summed E-state index contributed by atoms with van der Waals surface area (Å²) in [6.07, 6.45) is 5.23. The Balaban J connectivity index is 1.47. The van der Waals surface area contributed by atoms with E-state index in [9.17, 15) is 9.59 Å². The number of carbonyl (C=O) groups is 2. The molecule has 1 aliphatic heterocycles. The Labute approximate surface area is 174 Å². The maximum atomic E-state index is 11.7. The molecule has 1 saturated heterocycles. The first kappa shape index (κ1) is 19.7. The number of fused-ring (bicyclic) bond motifs is 1. The third-order valence-corrected chi connectivity index (χ3v) is 5.39. The van der Waals surface area contributed by atoms with Gasteiger partial charge in [0.15, 0.2) is 0 Å². The molecule has 3 aromatic rings. The zero-order chi connectivity index (χ0) is 21.1. The van der Waals surface area contributed by atoms with Crippen LogP contribution in [-0.4, -0.2) is 57.7 Å². The number of anilines is 1. The van der Waals surface area contributed by atoms with E-state index in [1.165, 1.54) is 6.08 Å². The lowest BCUT2D eigenvalue weighted by Gasteiger charge is -2.35. The van der Waals surface area contributed by atoms with Gasteiger partial charge in [-0.2, -0.15) is 0 Å². The third-order valence-electron chi connectivity index (χ3n) is 5.39. The molecule has 0 radical (unpaired) electrons. The fraction of sp³-hybridized carbons (Fsp3) is 0.227. The lowest BCUT2D eigenvalue weighted by Crippen LogP contribution is -2.48. The van der Waals surface area contributed by atoms with Crippen LogP contribution >= 0.6 is 0 Å². The van der Waals surface area contributed by atoms with Crippen LogP contribution in [0.1, 0.15) is 15.9 Å². The molecule has 8 nitrogen and oxygen atoms in total. The number of pyridine rings is 1. The maximum Gasteiger partial charge on any atom is 0.274 e. The summed E-state index contributed by atoms with van der Waals surface area (Å²) in [6.45, 7) is 7.05. The Bertz CT molecular complexity index is 1080. The number of nitrogens with zero attached hydrogens (tertiary/aromatic N) is 4. The molecule has 8 heteroatoms. The molecule has 1 aromatic carbocycles. The standard InChI is InChI=1S/C22H23N5O3/c1-2-20(28)26-11-9-25(10-12-26)19-13-18-7-8-27(21(18)23-14-19)15-16-3-5-17(6-4-16)22(29)24-30/h2-8,13-14,30H,1,9-12,15H2,(H,24,29). The third kappa shape index (κ3) is 3.90. The molecule has 0 unspecified atom stereocenters. The molecule has 4 rings (SSSR count). The van der Waals surface area contributed by atoms with Crippen molar-refractivity contribution in [1.82, 2.24) is 19.9 Å². The van der Waals surface area contributed by atoms with Crippen LogP contribution in [0.25, 0.3) is 11.0 Å². The van der Waals surface area contributed by atoms with Crippen molar-refractivity contribution in [2.24, 2.45) is 0 Å². The van der Waals surface area contributed by atoms with E-state index in [-0.39, 0.29) is 5.91 Å². The molecule has 2 N–H and O–H groups in total. The number of hydroxylamine groups is 1. The van der Waals surface area contributed by atoms with Crippen molar-refractivity contribution in [3.63, 3.8) is 0 Å². The molecule has 2 aromatic heterocycles. The molecular formula is C22H23N5O3. The number of aromatic nitrogens is 2. The lowest BCUT2D eigenvalue weighted by atomic mass is 10.1. The Morgan fingerprint density at radius 2 is 1.87 bits per heavy atom. The van der Waals surface area contributed by atoms with E-state index in [0.717, 1.165) is 35.4 Å². The first-order valence-corrected chi connectivity index (χ1v) is 9.73. The second-order valence-electron chi connectivity index (χ2n) is 7.20. The SMILES string of the molecule is C=CC(=O)N1CCN(c2cnc3c(ccn3Cc3ccc(C(=O)NO)cc3)c2)CC1. The largest absolute Gasteiger partial charge is 0.367 e. The summed E-state index contributed by atoms with van der Waals surface area (Å²) in [5.41, 5.74) is 4.99. The fourth-order valence-electron chi connectivity index (χ4n) is 3.70. The summed E-state index contributed by atoms with van der Waals surface area (Å²) < 4.78 is 2.06. The molecule has 0 bridgehead atoms. The molecule has 0 aliphatic carbocycles. The highest BCUT2D eigenvalue weighted by molar-refractivity contribution is 5.93. The van der Waals surface area contributed by atoms with Gasteiger partial charge in [-0.15, -0.1) is 0 Å². The van der Waals surface area contributed by atoms with Crippen LogP contribution in [0.2, 0.25) is 0 Å². The van der Waals surface area contributed by atoms with Crippen LogP contribution in [0.3, 0.4) is 0 Å². The van der Waals surface area contributed by atoms with E-state index in [4.69, 9.17) is 5.21 Å². The number of hydrogen-bond acceptors (Lipinski definition) is 5. The van der Waals surface area contributed by atoms with Crippen LogP contribution in [-0.2, 0) is 11.3 Å². The van der Waals surface area contributed by atoms with E-state index >= 15 is 0 Å². The molecule has 1 fully saturated rings.